The van der Waals surface area contributed by atoms with E-state index in [1.165, 1.54) is 45.2 Å². The van der Waals surface area contributed by atoms with Gasteiger partial charge in [0, 0.05) is 13.0 Å². The lowest BCUT2D eigenvalue weighted by atomic mass is 10.0. The smallest absolute Gasteiger partial charge is 0.338 e. The Morgan fingerprint density at radius 2 is 1.58 bits per heavy atom. The number of methoxy groups -OCH3 is 1. The lowest BCUT2D eigenvalue weighted by molar-refractivity contribution is -0.337. The number of carboxylic acids is 1. The second-order valence-electron chi connectivity index (χ2n) is 6.47. The number of benzene rings is 1. The Balaban J connectivity index is 2.88. The maximum Gasteiger partial charge on any atom is 0.338 e. The van der Waals surface area contributed by atoms with E-state index in [9.17, 15) is 23.5 Å². The molecule has 6 nitrogen and oxygen atoms in total. The van der Waals surface area contributed by atoms with Crippen molar-refractivity contribution in [1.82, 2.24) is 0 Å². The highest BCUT2D eigenvalue weighted by molar-refractivity contribution is 5.90. The lowest BCUT2D eigenvalue weighted by Gasteiger charge is -2.30. The molecule has 0 aliphatic rings. The minimum atomic E-state index is -4.30. The average Bonchev–Trinajstić information content (AvgIpc) is 2.56. The molecule has 0 N–H and O–H groups in total. The van der Waals surface area contributed by atoms with E-state index in [2.05, 4.69) is 0 Å². The van der Waals surface area contributed by atoms with Gasteiger partial charge in [-0.05, 0) is 30.2 Å². The summed E-state index contributed by atoms with van der Waals surface area (Å²) >= 11 is 0. The van der Waals surface area contributed by atoms with Crippen LogP contribution in [0.1, 0.15) is 38.1 Å². The van der Waals surface area contributed by atoms with Crippen molar-refractivity contribution in [3.8, 4) is 5.75 Å². The first-order chi connectivity index (χ1) is 12.0. The largest absolute Gasteiger partial charge is 0.544 e. The minimum Gasteiger partial charge on any atom is -0.544 e. The topological polar surface area (TPSA) is 84.9 Å². The third kappa shape index (κ3) is 5.39. The molecule has 0 saturated heterocycles. The monoisotopic (exact) mass is 373 g/mol. The predicted molar refractivity (Wildman–Crippen MR) is 86.7 cm³/mol. The highest BCUT2D eigenvalue weighted by atomic mass is 19.3. The van der Waals surface area contributed by atoms with E-state index in [-0.39, 0.29) is 11.5 Å². The van der Waals surface area contributed by atoms with Gasteiger partial charge in [0.15, 0.2) is 6.10 Å². The molecule has 146 valence electrons. The Kier molecular flexibility index (Phi) is 7.50. The first kappa shape index (κ1) is 21.8. The van der Waals surface area contributed by atoms with Crippen LogP contribution in [0.15, 0.2) is 24.3 Å². The molecule has 2 atom stereocenters. The third-order valence-corrected chi connectivity index (χ3v) is 3.59. The number of hydrogen-bond acceptors (Lipinski definition) is 6. The molecule has 8 heteroatoms. The number of esters is 1. The summed E-state index contributed by atoms with van der Waals surface area (Å²) in [6.07, 6.45) is -2.63. The summed E-state index contributed by atoms with van der Waals surface area (Å²) in [6, 6.07) is 5.59. The molecule has 0 bridgehead atoms. The van der Waals surface area contributed by atoms with Crippen molar-refractivity contribution >= 4 is 11.9 Å². The zero-order valence-corrected chi connectivity index (χ0v) is 15.3. The van der Waals surface area contributed by atoms with Crippen molar-refractivity contribution in [3.63, 3.8) is 0 Å². The summed E-state index contributed by atoms with van der Waals surface area (Å²) < 4.78 is 42.9. The second-order valence-corrected chi connectivity index (χ2v) is 6.47. The summed E-state index contributed by atoms with van der Waals surface area (Å²) in [7, 11) is 1.50. The van der Waals surface area contributed by atoms with Crippen molar-refractivity contribution in [2.24, 2.45) is 11.8 Å². The van der Waals surface area contributed by atoms with Gasteiger partial charge in [0.25, 0.3) is 0 Å². The molecule has 26 heavy (non-hydrogen) atoms. The summed E-state index contributed by atoms with van der Waals surface area (Å²) in [5.41, 5.74) is -0.0179. The standard InChI is InChI=1S/C18H24F2O6/c1-10(2)14(18(19,20)17(22)23)26-15(21)12-6-8-13(9-7-12)25-16(24-5)11(3)4/h6-11,14,16H,1-5H3,(H,22,23)/p-1. The van der Waals surface area contributed by atoms with Crippen LogP contribution in [0.2, 0.25) is 0 Å². The van der Waals surface area contributed by atoms with Crippen molar-refractivity contribution < 1.29 is 37.7 Å². The van der Waals surface area contributed by atoms with Crippen LogP contribution in [-0.2, 0) is 14.3 Å². The molecule has 1 aromatic carbocycles. The fourth-order valence-electron chi connectivity index (χ4n) is 2.19. The molecular formula is C18H23F2O6-. The molecule has 0 fully saturated rings. The molecule has 2 unspecified atom stereocenters. The Bertz CT molecular complexity index is 613. The third-order valence-electron chi connectivity index (χ3n) is 3.59. The van der Waals surface area contributed by atoms with Crippen molar-refractivity contribution in [3.05, 3.63) is 29.8 Å². The van der Waals surface area contributed by atoms with Gasteiger partial charge in [-0.3, -0.25) is 0 Å². The van der Waals surface area contributed by atoms with Gasteiger partial charge in [0.1, 0.15) is 11.7 Å². The quantitative estimate of drug-likeness (QED) is 0.488. The molecule has 0 saturated carbocycles. The number of carboxylic acid groups (broad SMARTS) is 1. The second kappa shape index (κ2) is 8.93. The Labute approximate surface area is 151 Å². The van der Waals surface area contributed by atoms with Crippen molar-refractivity contribution in [1.29, 1.82) is 0 Å². The fourth-order valence-corrected chi connectivity index (χ4v) is 2.19. The van der Waals surface area contributed by atoms with Crippen LogP contribution in [0.3, 0.4) is 0 Å². The van der Waals surface area contributed by atoms with Gasteiger partial charge < -0.3 is 24.1 Å². The van der Waals surface area contributed by atoms with E-state index in [1.807, 2.05) is 13.8 Å². The first-order valence-corrected chi connectivity index (χ1v) is 8.10. The van der Waals surface area contributed by atoms with Gasteiger partial charge in [-0.15, -0.1) is 0 Å². The molecule has 0 radical (unpaired) electrons. The van der Waals surface area contributed by atoms with Crippen LogP contribution in [-0.4, -0.2) is 37.4 Å². The number of ether oxygens (including phenoxy) is 3. The van der Waals surface area contributed by atoms with Crippen LogP contribution in [0.4, 0.5) is 8.78 Å². The molecule has 0 aliphatic carbocycles. The molecular weight excluding hydrogens is 350 g/mol. The lowest BCUT2D eigenvalue weighted by Crippen LogP contribution is -2.53. The SMILES string of the molecule is COC(Oc1ccc(C(=O)OC(C(C)C)C(F)(F)C(=O)[O-])cc1)C(C)C. The Hall–Kier alpha value is -2.22. The fraction of sp³-hybridized carbons (Fsp3) is 0.556. The van der Waals surface area contributed by atoms with Crippen molar-refractivity contribution in [2.45, 2.75) is 46.0 Å². The molecule has 0 aliphatic heterocycles. The highest BCUT2D eigenvalue weighted by Crippen LogP contribution is 2.28. The van der Waals surface area contributed by atoms with E-state index in [1.54, 1.807) is 0 Å². The van der Waals surface area contributed by atoms with Gasteiger partial charge in [0.05, 0.1) is 5.56 Å². The van der Waals surface area contributed by atoms with Gasteiger partial charge in [-0.2, -0.15) is 8.78 Å². The maximum atomic E-state index is 13.7. The van der Waals surface area contributed by atoms with E-state index in [0.29, 0.717) is 5.75 Å². The number of hydrogen-bond donors (Lipinski definition) is 0. The van der Waals surface area contributed by atoms with Crippen LogP contribution in [0.5, 0.6) is 5.75 Å². The molecule has 0 heterocycles. The van der Waals surface area contributed by atoms with Crippen LogP contribution in [0, 0.1) is 11.8 Å². The summed E-state index contributed by atoms with van der Waals surface area (Å²) in [5.74, 6) is -8.38. The Morgan fingerprint density at radius 3 is 1.96 bits per heavy atom. The molecule has 0 aromatic heterocycles. The van der Waals surface area contributed by atoms with Gasteiger partial charge in [0.2, 0.25) is 6.29 Å². The summed E-state index contributed by atoms with van der Waals surface area (Å²) in [6.45, 7) is 6.46. The van der Waals surface area contributed by atoms with E-state index in [0.717, 1.165) is 0 Å². The van der Waals surface area contributed by atoms with Crippen LogP contribution in [0.25, 0.3) is 0 Å². The zero-order valence-electron chi connectivity index (χ0n) is 15.3. The number of carbonyl (C=O) groups excluding carboxylic acids is 2. The minimum absolute atomic E-state index is 0.0179. The van der Waals surface area contributed by atoms with Crippen molar-refractivity contribution in [2.75, 3.05) is 7.11 Å². The van der Waals surface area contributed by atoms with E-state index < -0.39 is 36.2 Å². The van der Waals surface area contributed by atoms with Crippen LogP contribution < -0.4 is 9.84 Å². The molecule has 0 spiro atoms. The highest BCUT2D eigenvalue weighted by Gasteiger charge is 2.46. The van der Waals surface area contributed by atoms with Gasteiger partial charge in [-0.25, -0.2) is 4.79 Å². The first-order valence-electron chi connectivity index (χ1n) is 8.10. The zero-order chi connectivity index (χ0) is 20.1. The maximum absolute atomic E-state index is 13.7. The number of aliphatic carboxylic acids is 1. The van der Waals surface area contributed by atoms with Gasteiger partial charge >= 0.3 is 11.9 Å². The normalized spacial score (nSPS) is 14.2. The average molecular weight is 373 g/mol. The van der Waals surface area contributed by atoms with Crippen LogP contribution >= 0.6 is 0 Å². The number of carbonyl (C=O) groups is 2. The Morgan fingerprint density at radius 1 is 1.04 bits per heavy atom. The predicted octanol–water partition coefficient (Wildman–Crippen LogP) is 2.26. The number of halogens is 2. The summed E-state index contributed by atoms with van der Waals surface area (Å²) in [5, 5.41) is 10.6. The van der Waals surface area contributed by atoms with Gasteiger partial charge in [-0.1, -0.05) is 27.7 Å². The molecule has 1 aromatic rings. The molecule has 0 amide bonds. The van der Waals surface area contributed by atoms with E-state index in [4.69, 9.17) is 14.2 Å². The molecule has 1 rings (SSSR count). The summed E-state index contributed by atoms with van der Waals surface area (Å²) in [4.78, 5) is 22.7. The number of alkyl halides is 2. The number of rotatable bonds is 9. The van der Waals surface area contributed by atoms with E-state index >= 15 is 0 Å².